The molecular formula is C17H31NO2. The van der Waals surface area contributed by atoms with Gasteiger partial charge in [-0.25, -0.2) is 0 Å². The van der Waals surface area contributed by atoms with Gasteiger partial charge < -0.3 is 4.74 Å². The van der Waals surface area contributed by atoms with Crippen molar-refractivity contribution in [1.82, 2.24) is 5.32 Å². The molecule has 0 unspecified atom stereocenters. The van der Waals surface area contributed by atoms with Crippen molar-refractivity contribution in [3.05, 3.63) is 0 Å². The molecule has 0 saturated heterocycles. The predicted molar refractivity (Wildman–Crippen MR) is 81.7 cm³/mol. The van der Waals surface area contributed by atoms with Gasteiger partial charge in [0.1, 0.15) is 5.54 Å². The zero-order valence-corrected chi connectivity index (χ0v) is 13.1. The SMILES string of the molecule is COC(=O)C1(NC2CC2)CCCCCCCCCCC1. The summed E-state index contributed by atoms with van der Waals surface area (Å²) in [5.74, 6) is -0.0264. The normalized spacial score (nSPS) is 25.2. The van der Waals surface area contributed by atoms with Gasteiger partial charge in [0.15, 0.2) is 0 Å². The summed E-state index contributed by atoms with van der Waals surface area (Å²) >= 11 is 0. The Bertz CT molecular complexity index is 287. The highest BCUT2D eigenvalue weighted by Gasteiger charge is 2.42. The van der Waals surface area contributed by atoms with Crippen molar-refractivity contribution in [1.29, 1.82) is 0 Å². The molecule has 3 nitrogen and oxygen atoms in total. The number of hydrogen-bond acceptors (Lipinski definition) is 3. The Labute approximate surface area is 123 Å². The molecule has 0 aromatic heterocycles. The first-order valence-corrected chi connectivity index (χ1v) is 8.63. The van der Waals surface area contributed by atoms with E-state index in [2.05, 4.69) is 5.32 Å². The number of ether oxygens (including phenoxy) is 1. The van der Waals surface area contributed by atoms with Crippen LogP contribution < -0.4 is 5.32 Å². The van der Waals surface area contributed by atoms with Crippen molar-refractivity contribution in [2.45, 2.75) is 95.1 Å². The minimum absolute atomic E-state index is 0.0264. The van der Waals surface area contributed by atoms with Gasteiger partial charge in [-0.1, -0.05) is 57.8 Å². The molecule has 0 bridgehead atoms. The van der Waals surface area contributed by atoms with Crippen LogP contribution in [0, 0.1) is 0 Å². The summed E-state index contributed by atoms with van der Waals surface area (Å²) in [5.41, 5.74) is -0.394. The summed E-state index contributed by atoms with van der Waals surface area (Å²) in [7, 11) is 1.54. The fourth-order valence-electron chi connectivity index (χ4n) is 3.44. The summed E-state index contributed by atoms with van der Waals surface area (Å²) in [4.78, 5) is 12.4. The van der Waals surface area contributed by atoms with Crippen molar-refractivity contribution in [2.24, 2.45) is 0 Å². The van der Waals surface area contributed by atoms with Crippen molar-refractivity contribution in [2.75, 3.05) is 7.11 Å². The van der Waals surface area contributed by atoms with Crippen molar-refractivity contribution in [3.8, 4) is 0 Å². The maximum atomic E-state index is 12.4. The second kappa shape index (κ2) is 8.02. The van der Waals surface area contributed by atoms with Crippen LogP contribution in [-0.4, -0.2) is 24.7 Å². The smallest absolute Gasteiger partial charge is 0.326 e. The molecule has 2 rings (SSSR count). The molecule has 1 N–H and O–H groups in total. The van der Waals surface area contributed by atoms with Gasteiger partial charge >= 0.3 is 5.97 Å². The third-order valence-electron chi connectivity index (χ3n) is 4.84. The first kappa shape index (κ1) is 15.8. The Balaban J connectivity index is 1.99. The van der Waals surface area contributed by atoms with Gasteiger partial charge in [0, 0.05) is 6.04 Å². The van der Waals surface area contributed by atoms with Crippen LogP contribution in [0.2, 0.25) is 0 Å². The fraction of sp³-hybridized carbons (Fsp3) is 0.941. The maximum Gasteiger partial charge on any atom is 0.326 e. The van der Waals surface area contributed by atoms with E-state index in [4.69, 9.17) is 4.74 Å². The minimum atomic E-state index is -0.394. The number of carbonyl (C=O) groups excluding carboxylic acids is 1. The van der Waals surface area contributed by atoms with Gasteiger partial charge in [0.2, 0.25) is 0 Å². The van der Waals surface area contributed by atoms with E-state index < -0.39 is 5.54 Å². The van der Waals surface area contributed by atoms with Crippen molar-refractivity contribution in [3.63, 3.8) is 0 Å². The zero-order valence-electron chi connectivity index (χ0n) is 13.1. The van der Waals surface area contributed by atoms with E-state index >= 15 is 0 Å². The molecule has 116 valence electrons. The van der Waals surface area contributed by atoms with Gasteiger partial charge in [-0.2, -0.15) is 0 Å². The molecule has 0 aromatic carbocycles. The van der Waals surface area contributed by atoms with Crippen LogP contribution in [0.15, 0.2) is 0 Å². The third-order valence-corrected chi connectivity index (χ3v) is 4.84. The summed E-state index contributed by atoms with van der Waals surface area (Å²) in [6.07, 6.45) is 15.9. The van der Waals surface area contributed by atoms with Crippen molar-refractivity contribution >= 4 is 5.97 Å². The molecule has 0 aromatic rings. The van der Waals surface area contributed by atoms with Crippen LogP contribution in [0.25, 0.3) is 0 Å². The molecule has 2 fully saturated rings. The summed E-state index contributed by atoms with van der Waals surface area (Å²) in [6, 6.07) is 0.557. The largest absolute Gasteiger partial charge is 0.468 e. The Kier molecular flexibility index (Phi) is 6.34. The molecule has 0 amide bonds. The highest BCUT2D eigenvalue weighted by Crippen LogP contribution is 2.31. The Hall–Kier alpha value is -0.570. The first-order valence-electron chi connectivity index (χ1n) is 8.63. The molecular weight excluding hydrogens is 250 g/mol. The number of methoxy groups -OCH3 is 1. The van der Waals surface area contributed by atoms with Crippen LogP contribution in [-0.2, 0) is 9.53 Å². The fourth-order valence-corrected chi connectivity index (χ4v) is 3.44. The minimum Gasteiger partial charge on any atom is -0.468 e. The lowest BCUT2D eigenvalue weighted by atomic mass is 9.85. The summed E-state index contributed by atoms with van der Waals surface area (Å²) < 4.78 is 5.14. The monoisotopic (exact) mass is 281 g/mol. The molecule has 2 saturated carbocycles. The van der Waals surface area contributed by atoms with Crippen LogP contribution >= 0.6 is 0 Å². The zero-order chi connectivity index (χ0) is 14.3. The van der Waals surface area contributed by atoms with Gasteiger partial charge in [-0.15, -0.1) is 0 Å². The number of carbonyl (C=O) groups is 1. The predicted octanol–water partition coefficient (Wildman–Crippen LogP) is 3.95. The average molecular weight is 281 g/mol. The maximum absolute atomic E-state index is 12.4. The van der Waals surface area contributed by atoms with E-state index in [1.54, 1.807) is 0 Å². The van der Waals surface area contributed by atoms with Crippen LogP contribution in [0.3, 0.4) is 0 Å². The molecule has 3 heteroatoms. The first-order chi connectivity index (χ1) is 9.77. The van der Waals surface area contributed by atoms with Gasteiger partial charge in [-0.05, 0) is 25.7 Å². The van der Waals surface area contributed by atoms with Gasteiger partial charge in [0.05, 0.1) is 7.11 Å². The topological polar surface area (TPSA) is 38.3 Å². The number of rotatable bonds is 3. The molecule has 20 heavy (non-hydrogen) atoms. The van der Waals surface area contributed by atoms with E-state index in [9.17, 15) is 4.79 Å². The van der Waals surface area contributed by atoms with Gasteiger partial charge in [0.25, 0.3) is 0 Å². The molecule has 0 spiro atoms. The Morgan fingerprint density at radius 3 is 1.75 bits per heavy atom. The second-order valence-electron chi connectivity index (χ2n) is 6.67. The van der Waals surface area contributed by atoms with Crippen molar-refractivity contribution < 1.29 is 9.53 Å². The van der Waals surface area contributed by atoms with E-state index in [0.29, 0.717) is 6.04 Å². The van der Waals surface area contributed by atoms with E-state index in [-0.39, 0.29) is 5.97 Å². The van der Waals surface area contributed by atoms with E-state index in [1.165, 1.54) is 64.9 Å². The molecule has 0 radical (unpaired) electrons. The lowest BCUT2D eigenvalue weighted by Gasteiger charge is -2.33. The summed E-state index contributed by atoms with van der Waals surface area (Å²) in [6.45, 7) is 0. The lowest BCUT2D eigenvalue weighted by molar-refractivity contribution is -0.149. The summed E-state index contributed by atoms with van der Waals surface area (Å²) in [5, 5.41) is 3.63. The molecule has 0 aliphatic heterocycles. The second-order valence-corrected chi connectivity index (χ2v) is 6.67. The number of esters is 1. The Morgan fingerprint density at radius 2 is 1.35 bits per heavy atom. The number of nitrogens with one attached hydrogen (secondary N) is 1. The van der Waals surface area contributed by atoms with Gasteiger partial charge in [-0.3, -0.25) is 10.1 Å². The van der Waals surface area contributed by atoms with Crippen LogP contribution in [0.1, 0.15) is 83.5 Å². The highest BCUT2D eigenvalue weighted by molar-refractivity contribution is 5.80. The molecule has 2 aliphatic carbocycles. The molecule has 0 atom stereocenters. The quantitative estimate of drug-likeness (QED) is 0.796. The average Bonchev–Trinajstić information content (AvgIpc) is 3.25. The molecule has 0 heterocycles. The molecule has 2 aliphatic rings. The lowest BCUT2D eigenvalue weighted by Crippen LogP contribution is -2.53. The third kappa shape index (κ3) is 4.76. The highest BCUT2D eigenvalue weighted by atomic mass is 16.5. The van der Waals surface area contributed by atoms with E-state index in [0.717, 1.165) is 25.7 Å². The van der Waals surface area contributed by atoms with E-state index in [1.807, 2.05) is 0 Å². The Morgan fingerprint density at radius 1 is 0.900 bits per heavy atom. The van der Waals surface area contributed by atoms with Crippen LogP contribution in [0.4, 0.5) is 0 Å². The standard InChI is InChI=1S/C17H31NO2/c1-20-16(19)17(18-15-11-12-15)13-9-7-5-3-2-4-6-8-10-14-17/h15,18H,2-14H2,1H3. The van der Waals surface area contributed by atoms with Crippen LogP contribution in [0.5, 0.6) is 0 Å². The number of hydrogen-bond donors (Lipinski definition) is 1.